The zero-order valence-corrected chi connectivity index (χ0v) is 20.3. The third-order valence-corrected chi connectivity index (χ3v) is 7.30. The van der Waals surface area contributed by atoms with Crippen LogP contribution in [0.3, 0.4) is 0 Å². The number of H-pyrrole nitrogens is 1. The number of nitrogens with zero attached hydrogens (tertiary/aromatic N) is 3. The Labute approximate surface area is 214 Å². The summed E-state index contributed by atoms with van der Waals surface area (Å²) in [6.45, 7) is 1.67. The number of aromatic amines is 1. The van der Waals surface area contributed by atoms with E-state index in [0.717, 1.165) is 35.9 Å². The molecule has 8 heteroatoms. The molecular formula is C29H27N5O3. The molecular weight excluding hydrogens is 466 g/mol. The summed E-state index contributed by atoms with van der Waals surface area (Å²) in [5, 5.41) is 10.7. The monoisotopic (exact) mass is 493 g/mol. The minimum absolute atomic E-state index is 0.0436. The van der Waals surface area contributed by atoms with E-state index in [1.54, 1.807) is 46.3 Å². The Morgan fingerprint density at radius 2 is 1.73 bits per heavy atom. The molecule has 0 aliphatic carbocycles. The number of rotatable bonds is 4. The molecule has 1 saturated heterocycles. The number of nitrogens with one attached hydrogen (secondary N) is 2. The smallest absolute Gasteiger partial charge is 0.258 e. The Bertz CT molecular complexity index is 1490. The average molecular weight is 494 g/mol. The van der Waals surface area contributed by atoms with Crippen LogP contribution in [0.2, 0.25) is 0 Å². The number of benzene rings is 3. The quantitative estimate of drug-likeness (QED) is 0.444. The highest BCUT2D eigenvalue weighted by molar-refractivity contribution is 6.07. The van der Waals surface area contributed by atoms with Gasteiger partial charge in [0.05, 0.1) is 17.6 Å². The molecule has 4 aromatic rings. The van der Waals surface area contributed by atoms with Crippen LogP contribution in [0.1, 0.15) is 39.1 Å². The molecule has 2 aliphatic heterocycles. The van der Waals surface area contributed by atoms with Gasteiger partial charge < -0.3 is 15.1 Å². The van der Waals surface area contributed by atoms with Crippen molar-refractivity contribution in [1.82, 2.24) is 15.1 Å². The van der Waals surface area contributed by atoms with Gasteiger partial charge in [0, 0.05) is 47.5 Å². The fourth-order valence-corrected chi connectivity index (χ4v) is 5.28. The van der Waals surface area contributed by atoms with Gasteiger partial charge in [0.15, 0.2) is 0 Å². The van der Waals surface area contributed by atoms with Crippen molar-refractivity contribution in [3.05, 3.63) is 89.6 Å². The van der Waals surface area contributed by atoms with Crippen LogP contribution in [0.5, 0.6) is 0 Å². The van der Waals surface area contributed by atoms with Crippen LogP contribution in [0, 0.1) is 5.92 Å². The summed E-state index contributed by atoms with van der Waals surface area (Å²) in [4.78, 5) is 42.8. The molecule has 37 heavy (non-hydrogen) atoms. The number of fused-ring (bicyclic) bond motifs is 2. The third kappa shape index (κ3) is 4.46. The molecule has 3 aromatic carbocycles. The summed E-state index contributed by atoms with van der Waals surface area (Å²) in [5.41, 5.74) is 4.84. The lowest BCUT2D eigenvalue weighted by atomic mass is 9.96. The predicted octanol–water partition coefficient (Wildman–Crippen LogP) is 4.26. The van der Waals surface area contributed by atoms with Crippen LogP contribution in [0.4, 0.5) is 11.4 Å². The van der Waals surface area contributed by atoms with Crippen molar-refractivity contribution < 1.29 is 14.4 Å². The maximum atomic E-state index is 13.1. The second-order valence-corrected chi connectivity index (χ2v) is 9.66. The number of likely N-dealkylation sites (tertiary alicyclic amines) is 1. The number of piperidine rings is 1. The summed E-state index contributed by atoms with van der Waals surface area (Å²) in [6, 6.07) is 20.5. The summed E-state index contributed by atoms with van der Waals surface area (Å²) < 4.78 is 0. The van der Waals surface area contributed by atoms with Crippen molar-refractivity contribution in [1.29, 1.82) is 0 Å². The number of carbonyl (C=O) groups is 3. The lowest BCUT2D eigenvalue weighted by molar-refractivity contribution is -0.121. The van der Waals surface area contributed by atoms with Crippen LogP contribution in [0.25, 0.3) is 10.9 Å². The first-order valence-corrected chi connectivity index (χ1v) is 12.6. The SMILES string of the molecule is O=C(Nc1ccc(C(=O)N2CCc3ccccc32)cc1)C1CCCN(C(=O)c2ccc3[nH]ncc3c2)C1. The van der Waals surface area contributed by atoms with Crippen LogP contribution in [-0.2, 0) is 11.2 Å². The molecule has 2 N–H and O–H groups in total. The Balaban J connectivity index is 1.09. The van der Waals surface area contributed by atoms with Crippen molar-refractivity contribution >= 4 is 40.0 Å². The maximum absolute atomic E-state index is 13.1. The minimum Gasteiger partial charge on any atom is -0.338 e. The first kappa shape index (κ1) is 23.0. The fourth-order valence-electron chi connectivity index (χ4n) is 5.28. The standard InChI is InChI=1S/C29H27N5O3/c35-27(22-5-3-14-33(18-22)28(36)21-9-12-25-23(16-21)17-30-32-25)31-24-10-7-20(8-11-24)29(37)34-15-13-19-4-1-2-6-26(19)34/h1-2,4,6-12,16-17,22H,3,5,13-15,18H2,(H,30,32)(H,31,35). The van der Waals surface area contributed by atoms with Crippen LogP contribution in [-0.4, -0.2) is 52.5 Å². The number of carbonyl (C=O) groups excluding carboxylic acids is 3. The van der Waals surface area contributed by atoms with Gasteiger partial charge in [-0.15, -0.1) is 0 Å². The van der Waals surface area contributed by atoms with E-state index in [1.807, 2.05) is 30.3 Å². The molecule has 0 bridgehead atoms. The molecule has 3 amide bonds. The number of para-hydroxylation sites is 1. The van der Waals surface area contributed by atoms with Crippen LogP contribution < -0.4 is 10.2 Å². The van der Waals surface area contributed by atoms with E-state index in [-0.39, 0.29) is 23.6 Å². The molecule has 1 fully saturated rings. The van der Waals surface area contributed by atoms with Crippen LogP contribution >= 0.6 is 0 Å². The second kappa shape index (κ2) is 9.54. The third-order valence-electron chi connectivity index (χ3n) is 7.30. The van der Waals surface area contributed by atoms with E-state index >= 15 is 0 Å². The van der Waals surface area contributed by atoms with Crippen molar-refractivity contribution in [3.63, 3.8) is 0 Å². The van der Waals surface area contributed by atoms with Gasteiger partial charge in [-0.3, -0.25) is 19.5 Å². The molecule has 186 valence electrons. The molecule has 0 saturated carbocycles. The predicted molar refractivity (Wildman–Crippen MR) is 142 cm³/mol. The highest BCUT2D eigenvalue weighted by Gasteiger charge is 2.29. The van der Waals surface area contributed by atoms with E-state index in [1.165, 1.54) is 5.56 Å². The van der Waals surface area contributed by atoms with Crippen molar-refractivity contribution in [2.45, 2.75) is 19.3 Å². The van der Waals surface area contributed by atoms with Gasteiger partial charge in [-0.2, -0.15) is 5.10 Å². The molecule has 1 atom stereocenters. The molecule has 2 aliphatic rings. The van der Waals surface area contributed by atoms with Gasteiger partial charge in [-0.05, 0) is 73.4 Å². The minimum atomic E-state index is -0.294. The van der Waals surface area contributed by atoms with E-state index < -0.39 is 0 Å². The Hall–Kier alpha value is -4.46. The number of hydrogen-bond acceptors (Lipinski definition) is 4. The zero-order valence-electron chi connectivity index (χ0n) is 20.3. The van der Waals surface area contributed by atoms with Gasteiger partial charge in [0.1, 0.15) is 0 Å². The number of aromatic nitrogens is 2. The molecule has 1 unspecified atom stereocenters. The summed E-state index contributed by atoms with van der Waals surface area (Å²) in [6.07, 6.45) is 4.04. The Morgan fingerprint density at radius 3 is 2.59 bits per heavy atom. The topological polar surface area (TPSA) is 98.4 Å². The van der Waals surface area contributed by atoms with E-state index in [4.69, 9.17) is 0 Å². The van der Waals surface area contributed by atoms with Crippen LogP contribution in [0.15, 0.2) is 72.9 Å². The van der Waals surface area contributed by atoms with Gasteiger partial charge >= 0.3 is 0 Å². The average Bonchev–Trinajstić information content (AvgIpc) is 3.59. The normalized spacial score (nSPS) is 17.0. The summed E-state index contributed by atoms with van der Waals surface area (Å²) in [5.74, 6) is -0.530. The first-order valence-electron chi connectivity index (χ1n) is 12.6. The Kier molecular flexibility index (Phi) is 5.92. The highest BCUT2D eigenvalue weighted by Crippen LogP contribution is 2.29. The number of amides is 3. The van der Waals surface area contributed by atoms with Gasteiger partial charge in [0.2, 0.25) is 5.91 Å². The van der Waals surface area contributed by atoms with E-state index in [2.05, 4.69) is 21.6 Å². The van der Waals surface area contributed by atoms with E-state index in [0.29, 0.717) is 36.4 Å². The second-order valence-electron chi connectivity index (χ2n) is 9.66. The van der Waals surface area contributed by atoms with Gasteiger partial charge in [-0.1, -0.05) is 18.2 Å². The molecule has 3 heterocycles. The van der Waals surface area contributed by atoms with Crippen molar-refractivity contribution in [3.8, 4) is 0 Å². The summed E-state index contributed by atoms with van der Waals surface area (Å²) in [7, 11) is 0. The first-order chi connectivity index (χ1) is 18.1. The number of anilines is 2. The molecule has 1 aromatic heterocycles. The maximum Gasteiger partial charge on any atom is 0.258 e. The summed E-state index contributed by atoms with van der Waals surface area (Å²) >= 11 is 0. The molecule has 0 spiro atoms. The molecule has 0 radical (unpaired) electrons. The molecule has 8 nitrogen and oxygen atoms in total. The fraction of sp³-hybridized carbons (Fsp3) is 0.241. The lowest BCUT2D eigenvalue weighted by Gasteiger charge is -2.32. The van der Waals surface area contributed by atoms with Gasteiger partial charge in [-0.25, -0.2) is 0 Å². The number of hydrogen-bond donors (Lipinski definition) is 2. The zero-order chi connectivity index (χ0) is 25.4. The highest BCUT2D eigenvalue weighted by atomic mass is 16.2. The van der Waals surface area contributed by atoms with Crippen molar-refractivity contribution in [2.75, 3.05) is 29.9 Å². The lowest BCUT2D eigenvalue weighted by Crippen LogP contribution is -2.43. The van der Waals surface area contributed by atoms with E-state index in [9.17, 15) is 14.4 Å². The Morgan fingerprint density at radius 1 is 0.919 bits per heavy atom. The largest absolute Gasteiger partial charge is 0.338 e. The molecule has 6 rings (SSSR count). The van der Waals surface area contributed by atoms with Gasteiger partial charge in [0.25, 0.3) is 11.8 Å². The van der Waals surface area contributed by atoms with Crippen molar-refractivity contribution in [2.24, 2.45) is 5.92 Å².